The van der Waals surface area contributed by atoms with Crippen LogP contribution in [0.1, 0.15) is 46.1 Å². The Hall–Kier alpha value is -4.55. The van der Waals surface area contributed by atoms with Crippen LogP contribution in [0.5, 0.6) is 5.88 Å². The Kier molecular flexibility index (Phi) is 7.15. The number of aromatic nitrogens is 3. The van der Waals surface area contributed by atoms with E-state index < -0.39 is 0 Å². The SMILES string of the molecule is Cc1nc(-c2ccc(-c3ccc(C(=O)Nc4ccc(C#N)c(OCCN(C)C)n4)cc3)c(C3CC3)c2)no1. The third-order valence-electron chi connectivity index (χ3n) is 6.31. The smallest absolute Gasteiger partial charge is 0.256 e. The Morgan fingerprint density at radius 3 is 2.53 bits per heavy atom. The second kappa shape index (κ2) is 10.8. The van der Waals surface area contributed by atoms with E-state index in [-0.39, 0.29) is 11.8 Å². The molecule has 5 rings (SSSR count). The fourth-order valence-electron chi connectivity index (χ4n) is 4.13. The number of rotatable bonds is 9. The number of nitrogens with one attached hydrogen (secondary N) is 1. The van der Waals surface area contributed by atoms with E-state index in [0.717, 1.165) is 29.5 Å². The number of anilines is 1. The van der Waals surface area contributed by atoms with Crippen molar-refractivity contribution >= 4 is 11.7 Å². The quantitative estimate of drug-likeness (QED) is 0.334. The second-order valence-corrected chi connectivity index (χ2v) is 9.56. The first-order valence-corrected chi connectivity index (χ1v) is 12.5. The number of pyridine rings is 1. The molecule has 2 aromatic heterocycles. The number of carbonyl (C=O) groups is 1. The maximum absolute atomic E-state index is 12.9. The van der Waals surface area contributed by atoms with Gasteiger partial charge in [0.1, 0.15) is 24.1 Å². The molecule has 0 atom stereocenters. The molecule has 9 nitrogen and oxygen atoms in total. The van der Waals surface area contributed by atoms with Crippen LogP contribution in [0.2, 0.25) is 0 Å². The maximum Gasteiger partial charge on any atom is 0.256 e. The van der Waals surface area contributed by atoms with Crippen molar-refractivity contribution in [3.63, 3.8) is 0 Å². The van der Waals surface area contributed by atoms with Crippen molar-refractivity contribution in [1.29, 1.82) is 5.26 Å². The van der Waals surface area contributed by atoms with Gasteiger partial charge in [-0.2, -0.15) is 15.2 Å². The molecule has 0 radical (unpaired) electrons. The Morgan fingerprint density at radius 2 is 1.87 bits per heavy atom. The molecule has 38 heavy (non-hydrogen) atoms. The van der Waals surface area contributed by atoms with E-state index in [4.69, 9.17) is 9.26 Å². The highest BCUT2D eigenvalue weighted by atomic mass is 16.5. The van der Waals surface area contributed by atoms with Gasteiger partial charge in [0, 0.05) is 24.6 Å². The van der Waals surface area contributed by atoms with E-state index in [1.165, 1.54) is 5.56 Å². The number of amides is 1. The highest BCUT2D eigenvalue weighted by Gasteiger charge is 2.27. The fourth-order valence-corrected chi connectivity index (χ4v) is 4.13. The lowest BCUT2D eigenvalue weighted by atomic mass is 9.94. The molecular weight excluding hydrogens is 480 g/mol. The second-order valence-electron chi connectivity index (χ2n) is 9.56. The molecule has 2 aromatic carbocycles. The van der Waals surface area contributed by atoms with Gasteiger partial charge in [-0.05, 0) is 79.9 Å². The Bertz CT molecular complexity index is 1500. The molecule has 2 heterocycles. The maximum atomic E-state index is 12.9. The minimum atomic E-state index is -0.293. The Morgan fingerprint density at radius 1 is 1.11 bits per heavy atom. The topological polar surface area (TPSA) is 117 Å². The van der Waals surface area contributed by atoms with Crippen LogP contribution in [0.15, 0.2) is 59.1 Å². The molecule has 0 bridgehead atoms. The summed E-state index contributed by atoms with van der Waals surface area (Å²) in [7, 11) is 3.87. The summed E-state index contributed by atoms with van der Waals surface area (Å²) in [5.41, 5.74) is 5.18. The van der Waals surface area contributed by atoms with Crippen molar-refractivity contribution in [2.24, 2.45) is 0 Å². The first-order chi connectivity index (χ1) is 18.4. The minimum absolute atomic E-state index is 0.203. The van der Waals surface area contributed by atoms with Gasteiger partial charge in [-0.1, -0.05) is 29.4 Å². The largest absolute Gasteiger partial charge is 0.475 e. The van der Waals surface area contributed by atoms with Crippen LogP contribution in [0.4, 0.5) is 5.82 Å². The molecule has 1 N–H and O–H groups in total. The summed E-state index contributed by atoms with van der Waals surface area (Å²) in [4.78, 5) is 23.6. The van der Waals surface area contributed by atoms with E-state index in [2.05, 4.69) is 38.6 Å². The Balaban J connectivity index is 1.32. The summed E-state index contributed by atoms with van der Waals surface area (Å²) in [6, 6.07) is 19.0. The molecular formula is C29H28N6O3. The van der Waals surface area contributed by atoms with Gasteiger partial charge >= 0.3 is 0 Å². The van der Waals surface area contributed by atoms with Gasteiger partial charge in [-0.25, -0.2) is 0 Å². The van der Waals surface area contributed by atoms with Crippen LogP contribution in [0.3, 0.4) is 0 Å². The highest BCUT2D eigenvalue weighted by Crippen LogP contribution is 2.45. The number of carbonyl (C=O) groups excluding carboxylic acids is 1. The van der Waals surface area contributed by atoms with E-state index in [1.54, 1.807) is 31.2 Å². The standard InChI is InChI=1S/C29H28N6O3/c1-18-31-27(34-38-18)22-10-12-24(25(16-22)20-4-5-20)19-6-8-21(9-7-19)28(36)32-26-13-11-23(17-30)29(33-26)37-15-14-35(2)3/h6-13,16,20H,4-5,14-15H2,1-3H3,(H,32,33,36). The number of nitriles is 1. The predicted octanol–water partition coefficient (Wildman–Crippen LogP) is 5.05. The van der Waals surface area contributed by atoms with Crippen molar-refractivity contribution in [1.82, 2.24) is 20.0 Å². The minimum Gasteiger partial charge on any atom is -0.475 e. The molecule has 0 spiro atoms. The molecule has 192 valence electrons. The number of nitrogens with zero attached hydrogens (tertiary/aromatic N) is 5. The van der Waals surface area contributed by atoms with Crippen molar-refractivity contribution < 1.29 is 14.1 Å². The zero-order valence-electron chi connectivity index (χ0n) is 21.6. The summed E-state index contributed by atoms with van der Waals surface area (Å²) < 4.78 is 10.8. The molecule has 1 aliphatic rings. The van der Waals surface area contributed by atoms with E-state index in [9.17, 15) is 10.1 Å². The van der Waals surface area contributed by atoms with Crippen molar-refractivity contribution in [3.05, 3.63) is 77.2 Å². The van der Waals surface area contributed by atoms with Crippen LogP contribution < -0.4 is 10.1 Å². The first-order valence-electron chi connectivity index (χ1n) is 12.5. The lowest BCUT2D eigenvalue weighted by Gasteiger charge is -2.13. The number of benzene rings is 2. The average Bonchev–Trinajstić information content (AvgIpc) is 3.68. The van der Waals surface area contributed by atoms with Crippen LogP contribution in [-0.4, -0.2) is 53.2 Å². The van der Waals surface area contributed by atoms with Crippen molar-refractivity contribution in [2.75, 3.05) is 32.6 Å². The van der Waals surface area contributed by atoms with Gasteiger partial charge < -0.3 is 19.5 Å². The number of hydrogen-bond donors (Lipinski definition) is 1. The summed E-state index contributed by atoms with van der Waals surface area (Å²) in [6.07, 6.45) is 2.31. The molecule has 1 amide bonds. The zero-order chi connectivity index (χ0) is 26.6. The third kappa shape index (κ3) is 5.71. The summed E-state index contributed by atoms with van der Waals surface area (Å²) >= 11 is 0. The van der Waals surface area contributed by atoms with Gasteiger partial charge in [0.25, 0.3) is 5.91 Å². The summed E-state index contributed by atoms with van der Waals surface area (Å²) in [6.45, 7) is 2.84. The van der Waals surface area contributed by atoms with Crippen LogP contribution in [0.25, 0.3) is 22.5 Å². The normalized spacial score (nSPS) is 12.8. The first kappa shape index (κ1) is 25.1. The number of hydrogen-bond acceptors (Lipinski definition) is 8. The van der Waals surface area contributed by atoms with Gasteiger partial charge in [0.15, 0.2) is 0 Å². The van der Waals surface area contributed by atoms with Crippen molar-refractivity contribution in [3.8, 4) is 34.5 Å². The van der Waals surface area contributed by atoms with E-state index >= 15 is 0 Å². The lowest BCUT2D eigenvalue weighted by Crippen LogP contribution is -2.20. The molecule has 0 saturated heterocycles. The van der Waals surface area contributed by atoms with Gasteiger partial charge in [-0.15, -0.1) is 0 Å². The summed E-state index contributed by atoms with van der Waals surface area (Å²) in [5, 5.41) is 16.2. The molecule has 0 unspecified atom stereocenters. The van der Waals surface area contributed by atoms with Gasteiger partial charge in [0.2, 0.25) is 17.6 Å². The van der Waals surface area contributed by atoms with Gasteiger partial charge in [-0.3, -0.25) is 4.79 Å². The highest BCUT2D eigenvalue weighted by molar-refractivity contribution is 6.04. The molecule has 1 fully saturated rings. The third-order valence-corrected chi connectivity index (χ3v) is 6.31. The molecule has 1 saturated carbocycles. The number of likely N-dealkylation sites (N-methyl/N-ethyl adjacent to an activating group) is 1. The van der Waals surface area contributed by atoms with Crippen LogP contribution in [0, 0.1) is 18.3 Å². The fraction of sp³-hybridized carbons (Fsp3) is 0.276. The molecule has 4 aromatic rings. The predicted molar refractivity (Wildman–Crippen MR) is 143 cm³/mol. The monoisotopic (exact) mass is 508 g/mol. The number of aryl methyl sites for hydroxylation is 1. The summed E-state index contributed by atoms with van der Waals surface area (Å²) in [5.74, 6) is 1.87. The zero-order valence-corrected chi connectivity index (χ0v) is 21.6. The van der Waals surface area contributed by atoms with E-state index in [0.29, 0.717) is 47.7 Å². The van der Waals surface area contributed by atoms with Crippen LogP contribution >= 0.6 is 0 Å². The average molecular weight is 509 g/mol. The molecule has 0 aliphatic heterocycles. The van der Waals surface area contributed by atoms with E-state index in [1.807, 2.05) is 37.2 Å². The van der Waals surface area contributed by atoms with Crippen LogP contribution in [-0.2, 0) is 0 Å². The number of ether oxygens (including phenoxy) is 1. The van der Waals surface area contributed by atoms with Crippen molar-refractivity contribution in [2.45, 2.75) is 25.7 Å². The molecule has 1 aliphatic carbocycles. The Labute approximate surface area is 221 Å². The lowest BCUT2D eigenvalue weighted by molar-refractivity contribution is 0.102. The van der Waals surface area contributed by atoms with Gasteiger partial charge in [0.05, 0.1) is 0 Å². The molecule has 9 heteroatoms.